The van der Waals surface area contributed by atoms with Crippen molar-refractivity contribution < 1.29 is 28.1 Å². The van der Waals surface area contributed by atoms with E-state index in [1.807, 2.05) is 0 Å². The molecule has 0 aromatic carbocycles. The van der Waals surface area contributed by atoms with Crippen LogP contribution in [0.1, 0.15) is 26.5 Å². The lowest BCUT2D eigenvalue weighted by Crippen LogP contribution is -2.25. The lowest BCUT2D eigenvalue weighted by Gasteiger charge is -2.13. The van der Waals surface area contributed by atoms with Crippen molar-refractivity contribution in [3.63, 3.8) is 0 Å². The van der Waals surface area contributed by atoms with Crippen molar-refractivity contribution in [3.8, 4) is 17.3 Å². The number of halogens is 3. The smallest absolute Gasteiger partial charge is 0.433 e. The number of aliphatic hydroxyl groups excluding tert-OH is 1. The van der Waals surface area contributed by atoms with Crippen LogP contribution in [0, 0.1) is 0 Å². The van der Waals surface area contributed by atoms with Crippen molar-refractivity contribution in [2.45, 2.75) is 38.7 Å². The molecule has 26 heavy (non-hydrogen) atoms. The van der Waals surface area contributed by atoms with Crippen molar-refractivity contribution in [2.24, 2.45) is 0 Å². The van der Waals surface area contributed by atoms with E-state index in [1.54, 1.807) is 13.8 Å². The van der Waals surface area contributed by atoms with Gasteiger partial charge in [0.15, 0.2) is 5.82 Å². The van der Waals surface area contributed by atoms with E-state index < -0.39 is 24.1 Å². The molecule has 2 N–H and O–H groups in total. The number of aliphatic hydroxyl groups is 2. The highest BCUT2D eigenvalue weighted by atomic mass is 19.4. The highest BCUT2D eigenvalue weighted by Gasteiger charge is 2.34. The predicted molar refractivity (Wildman–Crippen MR) is 87.1 cm³/mol. The maximum Gasteiger partial charge on any atom is 0.433 e. The molecule has 10 heteroatoms. The highest BCUT2D eigenvalue weighted by Crippen LogP contribution is 2.32. The number of rotatable bonds is 6. The Kier molecular flexibility index (Phi) is 5.67. The second-order valence-corrected chi connectivity index (χ2v) is 6.12. The number of alkyl halides is 3. The van der Waals surface area contributed by atoms with Crippen LogP contribution in [0.3, 0.4) is 0 Å². The molecule has 0 fully saturated rings. The summed E-state index contributed by atoms with van der Waals surface area (Å²) in [4.78, 5) is 7.43. The molecular weight excluding hydrogens is 353 g/mol. The van der Waals surface area contributed by atoms with E-state index in [2.05, 4.69) is 15.1 Å². The quantitative estimate of drug-likeness (QED) is 0.809. The molecular formula is C16H19F3N4O3. The molecule has 1 atom stereocenters. The minimum atomic E-state index is -4.65. The summed E-state index contributed by atoms with van der Waals surface area (Å²) in [7, 11) is 0. The molecule has 2 rings (SSSR count). The number of pyridine rings is 1. The topological polar surface area (TPSA) is 93.3 Å². The van der Waals surface area contributed by atoms with E-state index in [0.717, 1.165) is 6.07 Å². The first-order valence-corrected chi connectivity index (χ1v) is 7.70. The molecule has 0 aliphatic carbocycles. The largest absolute Gasteiger partial charge is 0.475 e. The van der Waals surface area contributed by atoms with E-state index in [0.29, 0.717) is 0 Å². The third kappa shape index (κ3) is 5.27. The van der Waals surface area contributed by atoms with Gasteiger partial charge in [-0.25, -0.2) is 14.6 Å². The maximum atomic E-state index is 13.1. The van der Waals surface area contributed by atoms with Crippen LogP contribution in [-0.2, 0) is 6.18 Å². The first-order chi connectivity index (χ1) is 12.0. The van der Waals surface area contributed by atoms with Crippen molar-refractivity contribution in [1.82, 2.24) is 19.7 Å². The maximum absolute atomic E-state index is 13.1. The molecule has 0 spiro atoms. The highest BCUT2D eigenvalue weighted by molar-refractivity contribution is 5.57. The molecule has 7 nitrogen and oxygen atoms in total. The van der Waals surface area contributed by atoms with Crippen LogP contribution in [0.4, 0.5) is 13.2 Å². The minimum Gasteiger partial charge on any atom is -0.475 e. The molecule has 2 aromatic heterocycles. The summed E-state index contributed by atoms with van der Waals surface area (Å²) in [6, 6.07) is 2.16. The second-order valence-electron chi connectivity index (χ2n) is 6.12. The Hall–Kier alpha value is -2.46. The lowest BCUT2D eigenvalue weighted by atomic mass is 10.1. The van der Waals surface area contributed by atoms with Gasteiger partial charge >= 0.3 is 6.18 Å². The molecule has 0 aliphatic heterocycles. The van der Waals surface area contributed by atoms with Crippen molar-refractivity contribution >= 4 is 6.20 Å². The van der Waals surface area contributed by atoms with Gasteiger partial charge in [0, 0.05) is 17.8 Å². The van der Waals surface area contributed by atoms with Crippen LogP contribution < -0.4 is 4.74 Å². The first-order valence-electron chi connectivity index (χ1n) is 7.70. The fraction of sp³-hybridized carbons (Fsp3) is 0.438. The molecule has 0 saturated heterocycles. The Bertz CT molecular complexity index is 785. The van der Waals surface area contributed by atoms with Gasteiger partial charge in [0.05, 0.1) is 12.7 Å². The predicted octanol–water partition coefficient (Wildman–Crippen LogP) is 2.36. The van der Waals surface area contributed by atoms with Gasteiger partial charge in [0.1, 0.15) is 17.6 Å². The normalized spacial score (nSPS) is 14.8. The number of aromatic nitrogens is 4. The van der Waals surface area contributed by atoms with Crippen LogP contribution >= 0.6 is 0 Å². The average molecular weight is 372 g/mol. The number of hydrogen-bond donors (Lipinski definition) is 2. The van der Waals surface area contributed by atoms with Crippen LogP contribution in [0.5, 0.6) is 5.88 Å². The molecule has 1 unspecified atom stereocenters. The molecule has 0 amide bonds. The van der Waals surface area contributed by atoms with Gasteiger partial charge < -0.3 is 14.9 Å². The van der Waals surface area contributed by atoms with Crippen LogP contribution in [-0.4, -0.2) is 48.3 Å². The van der Waals surface area contributed by atoms with Gasteiger partial charge in [-0.2, -0.15) is 13.2 Å². The van der Waals surface area contributed by atoms with E-state index in [1.165, 1.54) is 36.3 Å². The Morgan fingerprint density at radius 3 is 2.58 bits per heavy atom. The number of hydrogen-bond acceptors (Lipinski definition) is 6. The Balaban J connectivity index is 2.39. The summed E-state index contributed by atoms with van der Waals surface area (Å²) in [5.41, 5.74) is -2.48. The molecule has 0 bridgehead atoms. The number of nitrogens with zero attached hydrogens (tertiary/aromatic N) is 4. The van der Waals surface area contributed by atoms with E-state index in [-0.39, 0.29) is 23.4 Å². The molecule has 2 aromatic rings. The van der Waals surface area contributed by atoms with Gasteiger partial charge in [-0.15, -0.1) is 5.10 Å². The summed E-state index contributed by atoms with van der Waals surface area (Å²) in [5, 5.41) is 22.7. The standard InChI is InChI=1S/C16H19F3N4O3/c1-10(2)26-13-7-11(6-12(21-13)16(17,18)19)14-20-9-23(22-14)5-4-15(3,25)8-24/h4-7,9-10,24-25H,8H2,1-3H3/b5-4-. The Morgan fingerprint density at radius 2 is 2.00 bits per heavy atom. The zero-order valence-corrected chi connectivity index (χ0v) is 14.4. The summed E-state index contributed by atoms with van der Waals surface area (Å²) in [6.45, 7) is 4.23. The molecule has 0 saturated carbocycles. The zero-order valence-electron chi connectivity index (χ0n) is 14.4. The summed E-state index contributed by atoms with van der Waals surface area (Å²) < 4.78 is 45.7. The SMILES string of the molecule is CC(C)Oc1cc(-c2ncn(/C=C\C(C)(O)CO)n2)cc(C(F)(F)F)n1. The van der Waals surface area contributed by atoms with Crippen LogP contribution in [0.2, 0.25) is 0 Å². The third-order valence-corrected chi connectivity index (χ3v) is 3.12. The minimum absolute atomic E-state index is 0.0276. The molecule has 2 heterocycles. The second kappa shape index (κ2) is 7.42. The van der Waals surface area contributed by atoms with Crippen molar-refractivity contribution in [2.75, 3.05) is 6.61 Å². The third-order valence-electron chi connectivity index (χ3n) is 3.12. The molecule has 0 radical (unpaired) electrons. The number of ether oxygens (including phenoxy) is 1. The van der Waals surface area contributed by atoms with Crippen molar-refractivity contribution in [1.29, 1.82) is 0 Å². The fourth-order valence-corrected chi connectivity index (χ4v) is 1.85. The van der Waals surface area contributed by atoms with Crippen molar-refractivity contribution in [3.05, 3.63) is 30.2 Å². The van der Waals surface area contributed by atoms with E-state index in [9.17, 15) is 18.3 Å². The first kappa shape index (κ1) is 19.9. The van der Waals surface area contributed by atoms with Gasteiger partial charge in [0.2, 0.25) is 5.88 Å². The van der Waals surface area contributed by atoms with Crippen LogP contribution in [0.15, 0.2) is 24.5 Å². The Labute approximate surface area is 147 Å². The van der Waals surface area contributed by atoms with Gasteiger partial charge in [-0.3, -0.25) is 0 Å². The summed E-state index contributed by atoms with van der Waals surface area (Å²) >= 11 is 0. The molecule has 0 aliphatic rings. The van der Waals surface area contributed by atoms with Crippen LogP contribution in [0.25, 0.3) is 17.6 Å². The Morgan fingerprint density at radius 1 is 1.31 bits per heavy atom. The fourth-order valence-electron chi connectivity index (χ4n) is 1.85. The molecule has 142 valence electrons. The average Bonchev–Trinajstić information content (AvgIpc) is 3.00. The van der Waals surface area contributed by atoms with Gasteiger partial charge in [-0.05, 0) is 32.9 Å². The monoisotopic (exact) mass is 372 g/mol. The van der Waals surface area contributed by atoms with Gasteiger partial charge in [0.25, 0.3) is 0 Å². The van der Waals surface area contributed by atoms with E-state index in [4.69, 9.17) is 9.84 Å². The summed E-state index contributed by atoms with van der Waals surface area (Å²) in [6.07, 6.45) is -1.12. The zero-order chi connectivity index (χ0) is 19.5. The van der Waals surface area contributed by atoms with E-state index >= 15 is 0 Å². The lowest BCUT2D eigenvalue weighted by molar-refractivity contribution is -0.141. The van der Waals surface area contributed by atoms with Gasteiger partial charge in [-0.1, -0.05) is 0 Å². The summed E-state index contributed by atoms with van der Waals surface area (Å²) in [5.74, 6) is -0.153.